The van der Waals surface area contributed by atoms with Crippen molar-refractivity contribution in [1.29, 1.82) is 0 Å². The zero-order valence-electron chi connectivity index (χ0n) is 14.7. The first-order chi connectivity index (χ1) is 12.4. The van der Waals surface area contributed by atoms with Crippen LogP contribution in [-0.2, 0) is 21.2 Å². The van der Waals surface area contributed by atoms with Crippen LogP contribution in [0.25, 0.3) is 5.69 Å². The molecule has 0 bridgehead atoms. The van der Waals surface area contributed by atoms with Crippen LogP contribution in [0.1, 0.15) is 18.4 Å². The third-order valence-electron chi connectivity index (χ3n) is 4.66. The maximum atomic E-state index is 12.2. The van der Waals surface area contributed by atoms with Crippen molar-refractivity contribution >= 4 is 15.7 Å². The van der Waals surface area contributed by atoms with Gasteiger partial charge in [-0.3, -0.25) is 4.79 Å². The lowest BCUT2D eigenvalue weighted by Gasteiger charge is -2.22. The lowest BCUT2D eigenvalue weighted by Crippen LogP contribution is -2.36. The summed E-state index contributed by atoms with van der Waals surface area (Å²) >= 11 is 0. The Morgan fingerprint density at radius 1 is 1.38 bits per heavy atom. The fraction of sp³-hybridized carbons (Fsp3) is 0.471. The first kappa shape index (κ1) is 18.5. The molecular formula is C17H23N5O3S. The molecule has 2 aromatic rings. The molecule has 1 aromatic carbocycles. The highest BCUT2D eigenvalue weighted by atomic mass is 32.2. The van der Waals surface area contributed by atoms with Crippen molar-refractivity contribution in [2.45, 2.75) is 25.4 Å². The molecule has 0 saturated carbocycles. The number of hydrogen-bond acceptors (Lipinski definition) is 6. The molecule has 1 N–H and O–H groups in total. The number of aromatic nitrogens is 3. The molecule has 1 unspecified atom stereocenters. The second-order valence-electron chi connectivity index (χ2n) is 6.53. The van der Waals surface area contributed by atoms with Gasteiger partial charge < -0.3 is 10.2 Å². The second kappa shape index (κ2) is 7.96. The number of rotatable bonds is 7. The fourth-order valence-electron chi connectivity index (χ4n) is 3.08. The summed E-state index contributed by atoms with van der Waals surface area (Å²) in [4.78, 5) is 18.1. The highest BCUT2D eigenvalue weighted by Gasteiger charge is 2.30. The van der Waals surface area contributed by atoms with E-state index in [9.17, 15) is 13.2 Å². The van der Waals surface area contributed by atoms with E-state index in [2.05, 4.69) is 15.4 Å². The Hall–Kier alpha value is -2.26. The summed E-state index contributed by atoms with van der Waals surface area (Å²) in [5.74, 6) is 0.370. The highest BCUT2D eigenvalue weighted by Crippen LogP contribution is 2.16. The number of hydrogen-bond donors (Lipinski definition) is 1. The minimum atomic E-state index is -2.91. The number of carbonyl (C=O) groups is 1. The topological polar surface area (TPSA) is 97.2 Å². The smallest absolute Gasteiger partial charge is 0.221 e. The van der Waals surface area contributed by atoms with Crippen molar-refractivity contribution in [2.24, 2.45) is 0 Å². The standard InChI is InChI=1S/C17H23N5O3S/c1-21(15-7-9-26(24,25)11-15)8-6-17(23)19-10-14-4-2-3-5-16(14)22-13-18-12-20-22/h2-5,12-13,15H,6-11H2,1H3,(H,19,23). The summed E-state index contributed by atoms with van der Waals surface area (Å²) < 4.78 is 24.8. The quantitative estimate of drug-likeness (QED) is 0.750. The van der Waals surface area contributed by atoms with Crippen LogP contribution in [-0.4, -0.2) is 65.1 Å². The van der Waals surface area contributed by atoms with E-state index in [0.717, 1.165) is 11.3 Å². The van der Waals surface area contributed by atoms with E-state index < -0.39 is 9.84 Å². The van der Waals surface area contributed by atoms with Crippen LogP contribution in [0.3, 0.4) is 0 Å². The number of nitrogens with zero attached hydrogens (tertiary/aromatic N) is 4. The van der Waals surface area contributed by atoms with Gasteiger partial charge in [-0.15, -0.1) is 0 Å². The summed E-state index contributed by atoms with van der Waals surface area (Å²) in [7, 11) is -1.03. The molecule has 1 atom stereocenters. The molecule has 140 valence electrons. The number of benzene rings is 1. The molecule has 1 aliphatic heterocycles. The Kier molecular flexibility index (Phi) is 5.67. The third kappa shape index (κ3) is 4.67. The second-order valence-corrected chi connectivity index (χ2v) is 8.76. The number of para-hydroxylation sites is 1. The Balaban J connectivity index is 1.49. The highest BCUT2D eigenvalue weighted by molar-refractivity contribution is 7.91. The molecule has 9 heteroatoms. The van der Waals surface area contributed by atoms with Crippen LogP contribution < -0.4 is 5.32 Å². The first-order valence-electron chi connectivity index (χ1n) is 8.55. The van der Waals surface area contributed by atoms with Gasteiger partial charge in [-0.2, -0.15) is 5.10 Å². The minimum Gasteiger partial charge on any atom is -0.352 e. The molecule has 2 heterocycles. The largest absolute Gasteiger partial charge is 0.352 e. The third-order valence-corrected chi connectivity index (χ3v) is 6.41. The van der Waals surface area contributed by atoms with Crippen LogP contribution >= 0.6 is 0 Å². The van der Waals surface area contributed by atoms with E-state index in [-0.39, 0.29) is 23.5 Å². The van der Waals surface area contributed by atoms with Gasteiger partial charge in [0.1, 0.15) is 12.7 Å². The van der Waals surface area contributed by atoms with E-state index in [1.807, 2.05) is 36.2 Å². The van der Waals surface area contributed by atoms with E-state index in [0.29, 0.717) is 25.9 Å². The molecule has 8 nitrogen and oxygen atoms in total. The first-order valence-corrected chi connectivity index (χ1v) is 10.4. The van der Waals surface area contributed by atoms with Crippen LogP contribution in [0.4, 0.5) is 0 Å². The van der Waals surface area contributed by atoms with Crippen molar-refractivity contribution in [3.05, 3.63) is 42.5 Å². The average Bonchev–Trinajstić information content (AvgIpc) is 3.27. The Morgan fingerprint density at radius 3 is 2.88 bits per heavy atom. The number of amides is 1. The normalized spacial score (nSPS) is 18.9. The van der Waals surface area contributed by atoms with Crippen LogP contribution in [0.2, 0.25) is 0 Å². The van der Waals surface area contributed by atoms with Gasteiger partial charge in [-0.1, -0.05) is 18.2 Å². The molecule has 0 spiro atoms. The van der Waals surface area contributed by atoms with Crippen molar-refractivity contribution < 1.29 is 13.2 Å². The molecule has 1 aromatic heterocycles. The average molecular weight is 377 g/mol. The molecule has 26 heavy (non-hydrogen) atoms. The van der Waals surface area contributed by atoms with E-state index in [1.165, 1.54) is 6.33 Å². The van der Waals surface area contributed by atoms with Gasteiger partial charge >= 0.3 is 0 Å². The summed E-state index contributed by atoms with van der Waals surface area (Å²) in [5, 5.41) is 7.04. The zero-order chi connectivity index (χ0) is 18.6. The van der Waals surface area contributed by atoms with Crippen molar-refractivity contribution in [2.75, 3.05) is 25.1 Å². The predicted molar refractivity (Wildman–Crippen MR) is 97.5 cm³/mol. The molecule has 0 aliphatic carbocycles. The molecule has 0 radical (unpaired) electrons. The summed E-state index contributed by atoms with van der Waals surface area (Å²) in [5.41, 5.74) is 1.82. The Labute approximate surface area is 153 Å². The summed E-state index contributed by atoms with van der Waals surface area (Å²) in [6.07, 6.45) is 4.06. The van der Waals surface area contributed by atoms with E-state index >= 15 is 0 Å². The van der Waals surface area contributed by atoms with Gasteiger partial charge in [0, 0.05) is 25.6 Å². The van der Waals surface area contributed by atoms with Crippen LogP contribution in [0.5, 0.6) is 0 Å². The Bertz CT molecular complexity index is 851. The summed E-state index contributed by atoms with van der Waals surface area (Å²) in [6, 6.07) is 7.70. The molecule has 1 amide bonds. The molecule has 1 fully saturated rings. The van der Waals surface area contributed by atoms with Crippen LogP contribution in [0.15, 0.2) is 36.9 Å². The van der Waals surface area contributed by atoms with Gasteiger partial charge in [-0.05, 0) is 25.1 Å². The van der Waals surface area contributed by atoms with Gasteiger partial charge in [0.05, 0.1) is 17.2 Å². The number of nitrogens with one attached hydrogen (secondary N) is 1. The lowest BCUT2D eigenvalue weighted by atomic mass is 10.1. The van der Waals surface area contributed by atoms with E-state index in [1.54, 1.807) is 11.0 Å². The van der Waals surface area contributed by atoms with Gasteiger partial charge in [0.2, 0.25) is 5.91 Å². The minimum absolute atomic E-state index is 0.0147. The maximum absolute atomic E-state index is 12.2. The predicted octanol–water partition coefficient (Wildman–Crippen LogP) is 0.392. The zero-order valence-corrected chi connectivity index (χ0v) is 15.5. The number of carbonyl (C=O) groups excluding carboxylic acids is 1. The van der Waals surface area contributed by atoms with Gasteiger partial charge in [0.15, 0.2) is 9.84 Å². The lowest BCUT2D eigenvalue weighted by molar-refractivity contribution is -0.121. The molecule has 3 rings (SSSR count). The van der Waals surface area contributed by atoms with Gasteiger partial charge in [-0.25, -0.2) is 18.1 Å². The molecule has 1 aliphatic rings. The van der Waals surface area contributed by atoms with Crippen molar-refractivity contribution in [1.82, 2.24) is 25.0 Å². The van der Waals surface area contributed by atoms with Crippen LogP contribution in [0, 0.1) is 0 Å². The SMILES string of the molecule is CN(CCC(=O)NCc1ccccc1-n1cncn1)C1CCS(=O)(=O)C1. The van der Waals surface area contributed by atoms with Crippen molar-refractivity contribution in [3.63, 3.8) is 0 Å². The van der Waals surface area contributed by atoms with Crippen molar-refractivity contribution in [3.8, 4) is 5.69 Å². The summed E-state index contributed by atoms with van der Waals surface area (Å²) in [6.45, 7) is 0.938. The molecule has 1 saturated heterocycles. The Morgan fingerprint density at radius 2 is 2.19 bits per heavy atom. The molecular weight excluding hydrogens is 354 g/mol. The van der Waals surface area contributed by atoms with E-state index in [4.69, 9.17) is 0 Å². The maximum Gasteiger partial charge on any atom is 0.221 e. The fourth-order valence-corrected chi connectivity index (χ4v) is 4.89. The van der Waals surface area contributed by atoms with Gasteiger partial charge in [0.25, 0.3) is 0 Å². The number of sulfone groups is 1. The monoisotopic (exact) mass is 377 g/mol.